The second-order valence-corrected chi connectivity index (χ2v) is 6.34. The van der Waals surface area contributed by atoms with Gasteiger partial charge in [0.1, 0.15) is 5.82 Å². The summed E-state index contributed by atoms with van der Waals surface area (Å²) in [4.78, 5) is 4.39. The van der Waals surface area contributed by atoms with Crippen molar-refractivity contribution in [2.45, 2.75) is 26.2 Å². The largest absolute Gasteiger partial charge is 0.304 e. The van der Waals surface area contributed by atoms with Gasteiger partial charge in [0.25, 0.3) is 0 Å². The molecule has 2 aromatic carbocycles. The van der Waals surface area contributed by atoms with Crippen molar-refractivity contribution in [3.8, 4) is 11.3 Å². The number of nitrogens with zero attached hydrogens (tertiary/aromatic N) is 1. The summed E-state index contributed by atoms with van der Waals surface area (Å²) in [5, 5.41) is 1.31. The van der Waals surface area contributed by atoms with Crippen LogP contribution in [0.1, 0.15) is 30.5 Å². The van der Waals surface area contributed by atoms with Crippen molar-refractivity contribution in [3.05, 3.63) is 64.9 Å². The topological polar surface area (TPSA) is 12.9 Å². The minimum absolute atomic E-state index is 0. The fourth-order valence-electron chi connectivity index (χ4n) is 3.57. The summed E-state index contributed by atoms with van der Waals surface area (Å²) in [6, 6.07) is 9.57. The maximum absolute atomic E-state index is 14.5. The minimum atomic E-state index is -0.566. The summed E-state index contributed by atoms with van der Waals surface area (Å²) in [5.74, 6) is -0.511. The quantitative estimate of drug-likeness (QED) is 0.411. The smallest absolute Gasteiger partial charge is 0.133 e. The Kier molecular flexibility index (Phi) is 3.66. The Morgan fingerprint density at radius 2 is 1.91 bits per heavy atom. The van der Waals surface area contributed by atoms with Crippen molar-refractivity contribution in [1.82, 2.24) is 4.98 Å². The molecule has 119 valence electrons. The number of aryl methyl sites for hydroxylation is 1. The van der Waals surface area contributed by atoms with Crippen LogP contribution >= 0.6 is 0 Å². The molecular weight excluding hydrogens is 472 g/mol. The van der Waals surface area contributed by atoms with Gasteiger partial charge in [0.15, 0.2) is 0 Å². The van der Waals surface area contributed by atoms with Crippen molar-refractivity contribution in [2.75, 3.05) is 0 Å². The van der Waals surface area contributed by atoms with Gasteiger partial charge in [0, 0.05) is 37.5 Å². The molecule has 1 aromatic heterocycles. The summed E-state index contributed by atoms with van der Waals surface area (Å²) in [6.07, 6.45) is 1.57. The van der Waals surface area contributed by atoms with Gasteiger partial charge in [-0.25, -0.2) is 8.78 Å². The molecule has 4 rings (SSSR count). The molecule has 0 unspecified atom stereocenters. The number of rotatable bonds is 0. The first kappa shape index (κ1) is 16.2. The maximum atomic E-state index is 14.5. The Bertz CT molecular complexity index is 948. The predicted molar refractivity (Wildman–Crippen MR) is 82.8 cm³/mol. The molecule has 1 radical (unpaired) electrons. The number of aromatic nitrogens is 1. The van der Waals surface area contributed by atoms with Gasteiger partial charge in [-0.3, -0.25) is 0 Å². The van der Waals surface area contributed by atoms with E-state index in [0.717, 1.165) is 10.9 Å². The van der Waals surface area contributed by atoms with Gasteiger partial charge in [-0.15, -0.1) is 23.8 Å². The van der Waals surface area contributed by atoms with Gasteiger partial charge in [-0.2, -0.15) is 0 Å². The zero-order valence-corrected chi connectivity index (χ0v) is 15.3. The molecule has 0 N–H and O–H groups in total. The van der Waals surface area contributed by atoms with Crippen LogP contribution in [0.4, 0.5) is 8.78 Å². The Morgan fingerprint density at radius 1 is 1.17 bits per heavy atom. The van der Waals surface area contributed by atoms with Crippen molar-refractivity contribution >= 4 is 10.8 Å². The standard InChI is InChI=1S/C19H14F2N.Ir/c1-10-9-13-15-11(17(10)21)7-8-22-18(15)12-5-4-6-14(20)16(12)19(13,2)3;/h4,6-9H,1-3H3;/q-1;. The van der Waals surface area contributed by atoms with Crippen LogP contribution in [-0.4, -0.2) is 4.98 Å². The van der Waals surface area contributed by atoms with E-state index >= 15 is 0 Å². The number of halogens is 2. The number of hydrogen-bond acceptors (Lipinski definition) is 1. The second-order valence-electron chi connectivity index (χ2n) is 6.34. The molecular formula is C19H14F2IrN-. The molecule has 0 bridgehead atoms. The third-order valence-electron chi connectivity index (χ3n) is 4.65. The molecule has 0 atom stereocenters. The molecule has 4 heteroatoms. The van der Waals surface area contributed by atoms with Crippen molar-refractivity contribution in [2.24, 2.45) is 0 Å². The Hall–Kier alpha value is -1.64. The van der Waals surface area contributed by atoms with Crippen LogP contribution in [0.3, 0.4) is 0 Å². The minimum Gasteiger partial charge on any atom is -0.304 e. The molecule has 1 heterocycles. The number of benzene rings is 2. The Labute approximate surface area is 147 Å². The Morgan fingerprint density at radius 3 is 2.65 bits per heavy atom. The van der Waals surface area contributed by atoms with Crippen molar-refractivity contribution in [3.63, 3.8) is 0 Å². The van der Waals surface area contributed by atoms with Crippen molar-refractivity contribution in [1.29, 1.82) is 0 Å². The van der Waals surface area contributed by atoms with E-state index in [2.05, 4.69) is 11.1 Å². The summed E-state index contributed by atoms with van der Waals surface area (Å²) in [5.41, 5.74) is 2.73. The van der Waals surface area contributed by atoms with E-state index in [-0.39, 0.29) is 31.7 Å². The van der Waals surface area contributed by atoms with E-state index in [1.165, 1.54) is 6.07 Å². The molecule has 0 fully saturated rings. The van der Waals surface area contributed by atoms with Crippen LogP contribution in [0.25, 0.3) is 22.0 Å². The van der Waals surface area contributed by atoms with Crippen molar-refractivity contribution < 1.29 is 28.9 Å². The normalized spacial score (nSPS) is 14.3. The average molecular weight is 487 g/mol. The maximum Gasteiger partial charge on any atom is 0.133 e. The van der Waals surface area contributed by atoms with Crippen LogP contribution in [0.5, 0.6) is 0 Å². The fraction of sp³-hybridized carbons (Fsp3) is 0.211. The van der Waals surface area contributed by atoms with Gasteiger partial charge >= 0.3 is 0 Å². The van der Waals surface area contributed by atoms with E-state index in [4.69, 9.17) is 0 Å². The van der Waals surface area contributed by atoms with Crippen LogP contribution in [0.2, 0.25) is 0 Å². The molecule has 0 spiro atoms. The average Bonchev–Trinajstić information content (AvgIpc) is 2.48. The van der Waals surface area contributed by atoms with Crippen LogP contribution in [0, 0.1) is 24.6 Å². The molecule has 0 saturated carbocycles. The van der Waals surface area contributed by atoms with E-state index in [1.807, 2.05) is 19.9 Å². The molecule has 1 nitrogen and oxygen atoms in total. The number of fused-ring (bicyclic) bond motifs is 2. The van der Waals surface area contributed by atoms with Gasteiger partial charge < -0.3 is 4.98 Å². The Balaban J connectivity index is 0.00000156. The van der Waals surface area contributed by atoms with Crippen LogP contribution < -0.4 is 0 Å². The second kappa shape index (κ2) is 5.19. The third kappa shape index (κ3) is 2.01. The molecule has 0 saturated heterocycles. The van der Waals surface area contributed by atoms with Crippen LogP contribution in [-0.2, 0) is 25.5 Å². The van der Waals surface area contributed by atoms with E-state index in [1.54, 1.807) is 25.3 Å². The molecule has 23 heavy (non-hydrogen) atoms. The summed E-state index contributed by atoms with van der Waals surface area (Å²) in [7, 11) is 0. The zero-order valence-electron chi connectivity index (χ0n) is 12.9. The summed E-state index contributed by atoms with van der Waals surface area (Å²) in [6.45, 7) is 5.67. The number of hydrogen-bond donors (Lipinski definition) is 0. The fourth-order valence-corrected chi connectivity index (χ4v) is 3.57. The van der Waals surface area contributed by atoms with Gasteiger partial charge in [0.05, 0.1) is 0 Å². The predicted octanol–water partition coefficient (Wildman–Crippen LogP) is 4.93. The monoisotopic (exact) mass is 487 g/mol. The third-order valence-corrected chi connectivity index (χ3v) is 4.65. The molecule has 0 amide bonds. The van der Waals surface area contributed by atoms with E-state index in [0.29, 0.717) is 27.8 Å². The van der Waals surface area contributed by atoms with Gasteiger partial charge in [-0.1, -0.05) is 25.5 Å². The SMILES string of the molecule is Cc1cc2c3c(nccc3c1F)-c1[c-]ccc(F)c1C2(C)C.[Ir]. The van der Waals surface area contributed by atoms with Gasteiger partial charge in [0.2, 0.25) is 0 Å². The summed E-state index contributed by atoms with van der Waals surface area (Å²) >= 11 is 0. The van der Waals surface area contributed by atoms with E-state index < -0.39 is 5.41 Å². The molecule has 1 aliphatic rings. The molecule has 3 aromatic rings. The summed E-state index contributed by atoms with van der Waals surface area (Å²) < 4.78 is 29.0. The molecule has 0 aliphatic heterocycles. The van der Waals surface area contributed by atoms with Crippen LogP contribution in [0.15, 0.2) is 30.5 Å². The molecule has 1 aliphatic carbocycles. The first-order chi connectivity index (χ1) is 10.4. The number of pyridine rings is 1. The first-order valence-electron chi connectivity index (χ1n) is 7.22. The zero-order chi connectivity index (χ0) is 15.6. The van der Waals surface area contributed by atoms with Gasteiger partial charge in [-0.05, 0) is 40.6 Å². The van der Waals surface area contributed by atoms with E-state index in [9.17, 15) is 8.78 Å². The first-order valence-corrected chi connectivity index (χ1v) is 7.22.